The average molecular weight is 223 g/mol. The van der Waals surface area contributed by atoms with E-state index in [-0.39, 0.29) is 17.9 Å². The van der Waals surface area contributed by atoms with Crippen LogP contribution in [0, 0.1) is 0 Å². The van der Waals surface area contributed by atoms with Crippen LogP contribution in [0.3, 0.4) is 0 Å². The van der Waals surface area contributed by atoms with Crippen molar-refractivity contribution in [2.75, 3.05) is 25.2 Å². The molecule has 0 bridgehead atoms. The third-order valence-corrected chi connectivity index (χ3v) is 3.30. The molecule has 0 saturated heterocycles. The number of sulfone groups is 1. The van der Waals surface area contributed by atoms with Crippen LogP contribution in [-0.2, 0) is 14.6 Å². The van der Waals surface area contributed by atoms with E-state index in [0.29, 0.717) is 6.61 Å². The van der Waals surface area contributed by atoms with E-state index in [4.69, 9.17) is 10.5 Å². The summed E-state index contributed by atoms with van der Waals surface area (Å²) < 4.78 is 26.8. The van der Waals surface area contributed by atoms with E-state index in [9.17, 15) is 8.42 Å². The Bertz CT molecular complexity index is 245. The second kappa shape index (κ2) is 5.68. The van der Waals surface area contributed by atoms with Crippen LogP contribution < -0.4 is 5.73 Å². The van der Waals surface area contributed by atoms with Crippen LogP contribution in [0.5, 0.6) is 0 Å². The molecule has 0 saturated carbocycles. The lowest BCUT2D eigenvalue weighted by molar-refractivity contribution is 0.0916. The van der Waals surface area contributed by atoms with Crippen LogP contribution in [0.1, 0.15) is 26.7 Å². The fraction of sp³-hybridized carbons (Fsp3) is 1.00. The highest BCUT2D eigenvalue weighted by Gasteiger charge is 2.20. The summed E-state index contributed by atoms with van der Waals surface area (Å²) in [7, 11) is -2.92. The minimum Gasteiger partial charge on any atom is -0.378 e. The fourth-order valence-electron chi connectivity index (χ4n) is 0.940. The third-order valence-electron chi connectivity index (χ3n) is 2.40. The standard InChI is InChI=1S/C9H21NO3S/c1-4-9(10,5-2)8-13-6-7-14(3,11)12/h4-8,10H2,1-3H3. The lowest BCUT2D eigenvalue weighted by Gasteiger charge is -2.26. The second-order valence-corrected chi connectivity index (χ2v) is 6.01. The number of hydrogen-bond acceptors (Lipinski definition) is 4. The van der Waals surface area contributed by atoms with Gasteiger partial charge >= 0.3 is 0 Å². The molecule has 0 aliphatic heterocycles. The van der Waals surface area contributed by atoms with Gasteiger partial charge in [0.2, 0.25) is 0 Å². The summed E-state index contributed by atoms with van der Waals surface area (Å²) in [5, 5.41) is 0. The van der Waals surface area contributed by atoms with Crippen LogP contribution in [0.15, 0.2) is 0 Å². The summed E-state index contributed by atoms with van der Waals surface area (Å²) in [5.74, 6) is 0.0660. The van der Waals surface area contributed by atoms with Crippen molar-refractivity contribution < 1.29 is 13.2 Å². The predicted molar refractivity (Wildman–Crippen MR) is 58.0 cm³/mol. The van der Waals surface area contributed by atoms with E-state index < -0.39 is 9.84 Å². The van der Waals surface area contributed by atoms with Crippen LogP contribution in [-0.4, -0.2) is 39.2 Å². The molecule has 0 aromatic carbocycles. The molecule has 5 heteroatoms. The van der Waals surface area contributed by atoms with Gasteiger partial charge in [-0.25, -0.2) is 8.42 Å². The highest BCUT2D eigenvalue weighted by molar-refractivity contribution is 7.90. The SMILES string of the molecule is CCC(N)(CC)COCCS(C)(=O)=O. The predicted octanol–water partition coefficient (Wildman–Crippen LogP) is 0.565. The molecule has 0 radical (unpaired) electrons. The van der Waals surface area contributed by atoms with Gasteiger partial charge in [0, 0.05) is 11.8 Å². The molecule has 0 aromatic heterocycles. The van der Waals surface area contributed by atoms with Gasteiger partial charge in [0.25, 0.3) is 0 Å². The van der Waals surface area contributed by atoms with E-state index in [1.54, 1.807) is 0 Å². The minimum absolute atomic E-state index is 0.0660. The zero-order chi connectivity index (χ0) is 11.2. The molecule has 2 N–H and O–H groups in total. The molecule has 0 aliphatic carbocycles. The minimum atomic E-state index is -2.92. The van der Waals surface area contributed by atoms with Crippen LogP contribution >= 0.6 is 0 Å². The second-order valence-electron chi connectivity index (χ2n) is 3.75. The third kappa shape index (κ3) is 6.34. The van der Waals surface area contributed by atoms with E-state index in [1.165, 1.54) is 6.26 Å². The van der Waals surface area contributed by atoms with Crippen molar-refractivity contribution in [2.24, 2.45) is 5.73 Å². The van der Waals surface area contributed by atoms with Crippen molar-refractivity contribution in [3.8, 4) is 0 Å². The molecule has 14 heavy (non-hydrogen) atoms. The number of hydrogen-bond donors (Lipinski definition) is 1. The molecule has 0 atom stereocenters. The first-order valence-corrected chi connectivity index (χ1v) is 6.93. The summed E-state index contributed by atoms with van der Waals surface area (Å²) >= 11 is 0. The molecule has 0 spiro atoms. The van der Waals surface area contributed by atoms with Crippen molar-refractivity contribution in [1.29, 1.82) is 0 Å². The zero-order valence-electron chi connectivity index (χ0n) is 9.25. The Morgan fingerprint density at radius 3 is 2.14 bits per heavy atom. The van der Waals surface area contributed by atoms with Crippen LogP contribution in [0.25, 0.3) is 0 Å². The van der Waals surface area contributed by atoms with Gasteiger partial charge in [-0.05, 0) is 12.8 Å². The van der Waals surface area contributed by atoms with E-state index >= 15 is 0 Å². The van der Waals surface area contributed by atoms with Crippen LogP contribution in [0.2, 0.25) is 0 Å². The number of rotatable bonds is 7. The first kappa shape index (κ1) is 13.9. The van der Waals surface area contributed by atoms with Crippen molar-refractivity contribution in [3.63, 3.8) is 0 Å². The van der Waals surface area contributed by atoms with E-state index in [2.05, 4.69) is 0 Å². The monoisotopic (exact) mass is 223 g/mol. The molecule has 86 valence electrons. The van der Waals surface area contributed by atoms with Crippen molar-refractivity contribution in [2.45, 2.75) is 32.2 Å². The quantitative estimate of drug-likeness (QED) is 0.640. The summed E-state index contributed by atoms with van der Waals surface area (Å²) in [4.78, 5) is 0. The van der Waals surface area contributed by atoms with Gasteiger partial charge in [-0.15, -0.1) is 0 Å². The molecule has 0 aromatic rings. The van der Waals surface area contributed by atoms with Gasteiger partial charge in [0.05, 0.1) is 19.0 Å². The summed E-state index contributed by atoms with van der Waals surface area (Å²) in [6.07, 6.45) is 2.87. The lowest BCUT2D eigenvalue weighted by Crippen LogP contribution is -2.43. The molecule has 0 aliphatic rings. The van der Waals surface area contributed by atoms with Gasteiger partial charge in [-0.2, -0.15) is 0 Å². The van der Waals surface area contributed by atoms with E-state index in [1.807, 2.05) is 13.8 Å². The molecule has 4 nitrogen and oxygen atoms in total. The topological polar surface area (TPSA) is 69.4 Å². The van der Waals surface area contributed by atoms with E-state index in [0.717, 1.165) is 12.8 Å². The van der Waals surface area contributed by atoms with Gasteiger partial charge in [-0.1, -0.05) is 13.8 Å². The van der Waals surface area contributed by atoms with Gasteiger partial charge < -0.3 is 10.5 Å². The Hall–Kier alpha value is -0.130. The Balaban J connectivity index is 3.74. The molecule has 0 rings (SSSR count). The van der Waals surface area contributed by atoms with Crippen molar-refractivity contribution >= 4 is 9.84 Å². The fourth-order valence-corrected chi connectivity index (χ4v) is 1.36. The maximum atomic E-state index is 10.8. The Kier molecular flexibility index (Phi) is 5.63. The normalized spacial score (nSPS) is 13.1. The van der Waals surface area contributed by atoms with Crippen molar-refractivity contribution in [1.82, 2.24) is 0 Å². The molecule has 0 fully saturated rings. The van der Waals surface area contributed by atoms with Crippen LogP contribution in [0.4, 0.5) is 0 Å². The van der Waals surface area contributed by atoms with Gasteiger partial charge in [0.15, 0.2) is 0 Å². The smallest absolute Gasteiger partial charge is 0.149 e. The molecule has 0 heterocycles. The summed E-state index contributed by atoms with van der Waals surface area (Å²) in [5.41, 5.74) is 5.66. The molecular formula is C9H21NO3S. The Morgan fingerprint density at radius 2 is 1.79 bits per heavy atom. The Morgan fingerprint density at radius 1 is 1.29 bits per heavy atom. The highest BCUT2D eigenvalue weighted by Crippen LogP contribution is 2.11. The first-order valence-electron chi connectivity index (χ1n) is 4.87. The summed E-state index contributed by atoms with van der Waals surface area (Å²) in [6, 6.07) is 0. The molecular weight excluding hydrogens is 202 g/mol. The average Bonchev–Trinajstić information content (AvgIpc) is 2.11. The van der Waals surface area contributed by atoms with Gasteiger partial charge in [-0.3, -0.25) is 0 Å². The summed E-state index contributed by atoms with van der Waals surface area (Å²) in [6.45, 7) is 4.67. The maximum absolute atomic E-state index is 10.8. The lowest BCUT2D eigenvalue weighted by atomic mass is 9.96. The highest BCUT2D eigenvalue weighted by atomic mass is 32.2. The number of nitrogens with two attached hydrogens (primary N) is 1. The first-order chi connectivity index (χ1) is 6.33. The number of ether oxygens (including phenoxy) is 1. The molecule has 0 amide bonds. The van der Waals surface area contributed by atoms with Gasteiger partial charge in [0.1, 0.15) is 9.84 Å². The molecule has 0 unspecified atom stereocenters. The largest absolute Gasteiger partial charge is 0.378 e. The zero-order valence-corrected chi connectivity index (χ0v) is 10.1. The maximum Gasteiger partial charge on any atom is 0.149 e. The Labute approximate surface area is 86.7 Å². The van der Waals surface area contributed by atoms with Crippen molar-refractivity contribution in [3.05, 3.63) is 0 Å².